The van der Waals surface area contributed by atoms with Crippen LogP contribution in [0.2, 0.25) is 0 Å². The average Bonchev–Trinajstić information content (AvgIpc) is 3.35. The largest absolute Gasteiger partial charge is 0.478 e. The number of hydrogen-bond acceptors (Lipinski definition) is 6. The van der Waals surface area contributed by atoms with E-state index in [0.29, 0.717) is 28.2 Å². The fourth-order valence-corrected chi connectivity index (χ4v) is 3.81. The molecule has 0 saturated heterocycles. The molecule has 0 bridgehead atoms. The Hall–Kier alpha value is -3.59. The SMILES string of the molecule is CC(Cc1ccccn1)NC(=O)c1ccc(-c2cnc3[nH]cc(C(=O)O)c3n2)s1. The molecule has 9 heteroatoms. The van der Waals surface area contributed by atoms with Crippen LogP contribution in [-0.4, -0.2) is 43.0 Å². The third-order valence-corrected chi connectivity index (χ3v) is 5.42. The van der Waals surface area contributed by atoms with Crippen LogP contribution in [0.3, 0.4) is 0 Å². The molecule has 4 rings (SSSR count). The smallest absolute Gasteiger partial charge is 0.339 e. The van der Waals surface area contributed by atoms with Crippen LogP contribution in [-0.2, 0) is 6.42 Å². The van der Waals surface area contributed by atoms with Crippen molar-refractivity contribution in [3.05, 3.63) is 65.1 Å². The van der Waals surface area contributed by atoms with Crippen LogP contribution in [0.4, 0.5) is 0 Å². The molecule has 4 heterocycles. The van der Waals surface area contributed by atoms with Crippen molar-refractivity contribution in [1.29, 1.82) is 0 Å². The first-order chi connectivity index (χ1) is 14.0. The molecule has 29 heavy (non-hydrogen) atoms. The summed E-state index contributed by atoms with van der Waals surface area (Å²) in [7, 11) is 0. The Morgan fingerprint density at radius 3 is 2.86 bits per heavy atom. The molecule has 0 saturated carbocycles. The number of carboxylic acids is 1. The monoisotopic (exact) mass is 407 g/mol. The first-order valence-electron chi connectivity index (χ1n) is 8.89. The highest BCUT2D eigenvalue weighted by atomic mass is 32.1. The molecule has 146 valence electrons. The van der Waals surface area contributed by atoms with Gasteiger partial charge in [0.1, 0.15) is 11.1 Å². The van der Waals surface area contributed by atoms with Crippen LogP contribution in [0, 0.1) is 0 Å². The molecular weight excluding hydrogens is 390 g/mol. The van der Waals surface area contributed by atoms with Crippen LogP contribution in [0.25, 0.3) is 21.7 Å². The molecule has 1 amide bonds. The number of H-pyrrole nitrogens is 1. The van der Waals surface area contributed by atoms with Crippen molar-refractivity contribution in [2.45, 2.75) is 19.4 Å². The van der Waals surface area contributed by atoms with Crippen LogP contribution in [0.5, 0.6) is 0 Å². The lowest BCUT2D eigenvalue weighted by Crippen LogP contribution is -2.33. The summed E-state index contributed by atoms with van der Waals surface area (Å²) in [6.45, 7) is 1.93. The standard InChI is InChI=1S/C20H17N5O3S/c1-11(8-12-4-2-3-7-21-12)24-19(26)16-6-5-15(29-16)14-10-23-18-17(25-14)13(9-22-18)20(27)28/h2-7,9-11H,8H2,1H3,(H,22,23)(H,24,26)(H,27,28). The number of fused-ring (bicyclic) bond motifs is 1. The maximum Gasteiger partial charge on any atom is 0.339 e. The highest BCUT2D eigenvalue weighted by molar-refractivity contribution is 7.17. The number of pyridine rings is 1. The van der Waals surface area contributed by atoms with Gasteiger partial charge in [0.05, 0.1) is 21.6 Å². The minimum Gasteiger partial charge on any atom is -0.478 e. The van der Waals surface area contributed by atoms with E-state index in [0.717, 1.165) is 10.6 Å². The summed E-state index contributed by atoms with van der Waals surface area (Å²) in [6.07, 6.45) is 5.29. The summed E-state index contributed by atoms with van der Waals surface area (Å²) < 4.78 is 0. The molecule has 1 unspecified atom stereocenters. The van der Waals surface area contributed by atoms with E-state index in [1.165, 1.54) is 17.5 Å². The Balaban J connectivity index is 1.50. The number of thiophene rings is 1. The Morgan fingerprint density at radius 2 is 2.10 bits per heavy atom. The fraction of sp³-hybridized carbons (Fsp3) is 0.150. The number of carbonyl (C=O) groups excluding carboxylic acids is 1. The predicted molar refractivity (Wildman–Crippen MR) is 109 cm³/mol. The molecule has 0 radical (unpaired) electrons. The van der Waals surface area contributed by atoms with E-state index in [1.54, 1.807) is 24.5 Å². The average molecular weight is 407 g/mol. The number of amides is 1. The molecule has 0 aromatic carbocycles. The van der Waals surface area contributed by atoms with Gasteiger partial charge in [-0.3, -0.25) is 9.78 Å². The van der Waals surface area contributed by atoms with E-state index >= 15 is 0 Å². The highest BCUT2D eigenvalue weighted by Crippen LogP contribution is 2.28. The number of nitrogens with one attached hydrogen (secondary N) is 2. The number of rotatable bonds is 6. The highest BCUT2D eigenvalue weighted by Gasteiger charge is 2.17. The minimum absolute atomic E-state index is 0.0622. The van der Waals surface area contributed by atoms with Gasteiger partial charge in [-0.05, 0) is 31.2 Å². The third kappa shape index (κ3) is 3.99. The fourth-order valence-electron chi connectivity index (χ4n) is 2.95. The molecule has 0 aliphatic heterocycles. The number of carbonyl (C=O) groups is 2. The molecule has 0 spiro atoms. The Morgan fingerprint density at radius 1 is 1.24 bits per heavy atom. The second-order valence-corrected chi connectivity index (χ2v) is 7.61. The summed E-state index contributed by atoms with van der Waals surface area (Å²) in [5, 5.41) is 12.2. The van der Waals surface area contributed by atoms with Crippen molar-refractivity contribution in [1.82, 2.24) is 25.3 Å². The lowest BCUT2D eigenvalue weighted by Gasteiger charge is -2.12. The molecule has 8 nitrogen and oxygen atoms in total. The van der Waals surface area contributed by atoms with Crippen molar-refractivity contribution < 1.29 is 14.7 Å². The van der Waals surface area contributed by atoms with Gasteiger partial charge in [0.15, 0.2) is 5.65 Å². The van der Waals surface area contributed by atoms with E-state index in [-0.39, 0.29) is 17.5 Å². The van der Waals surface area contributed by atoms with Crippen molar-refractivity contribution in [3.8, 4) is 10.6 Å². The zero-order valence-corrected chi connectivity index (χ0v) is 16.2. The number of carboxylic acid groups (broad SMARTS) is 1. The maximum absolute atomic E-state index is 12.6. The van der Waals surface area contributed by atoms with Crippen LogP contribution < -0.4 is 5.32 Å². The number of aromatic amines is 1. The van der Waals surface area contributed by atoms with Gasteiger partial charge in [-0.1, -0.05) is 6.07 Å². The predicted octanol–water partition coefficient (Wildman–Crippen LogP) is 3.14. The van der Waals surface area contributed by atoms with Gasteiger partial charge >= 0.3 is 5.97 Å². The normalized spacial score (nSPS) is 12.0. The number of aromatic carboxylic acids is 1. The summed E-state index contributed by atoms with van der Waals surface area (Å²) >= 11 is 1.28. The first kappa shape index (κ1) is 18.8. The molecule has 0 fully saturated rings. The van der Waals surface area contributed by atoms with Gasteiger partial charge in [-0.15, -0.1) is 11.3 Å². The lowest BCUT2D eigenvalue weighted by atomic mass is 10.1. The number of aromatic nitrogens is 4. The van der Waals surface area contributed by atoms with Gasteiger partial charge in [-0.2, -0.15) is 0 Å². The van der Waals surface area contributed by atoms with Crippen molar-refractivity contribution >= 4 is 34.4 Å². The topological polar surface area (TPSA) is 121 Å². The van der Waals surface area contributed by atoms with Crippen molar-refractivity contribution in [3.63, 3.8) is 0 Å². The molecule has 4 aromatic rings. The summed E-state index contributed by atoms with van der Waals surface area (Å²) in [5.74, 6) is -1.25. The van der Waals surface area contributed by atoms with E-state index in [4.69, 9.17) is 0 Å². The quantitative estimate of drug-likeness (QED) is 0.451. The van der Waals surface area contributed by atoms with Gasteiger partial charge in [-0.25, -0.2) is 14.8 Å². The molecule has 1 atom stereocenters. The zero-order chi connectivity index (χ0) is 20.4. The van der Waals surface area contributed by atoms with Crippen molar-refractivity contribution in [2.24, 2.45) is 0 Å². The second-order valence-electron chi connectivity index (χ2n) is 6.52. The second kappa shape index (κ2) is 7.80. The Kier molecular flexibility index (Phi) is 5.05. The Labute approximate surface area is 169 Å². The van der Waals surface area contributed by atoms with Gasteiger partial charge in [0, 0.05) is 30.6 Å². The van der Waals surface area contributed by atoms with Gasteiger partial charge in [0.25, 0.3) is 5.91 Å². The molecule has 3 N–H and O–H groups in total. The first-order valence-corrected chi connectivity index (χ1v) is 9.71. The molecule has 0 aliphatic rings. The zero-order valence-electron chi connectivity index (χ0n) is 15.4. The van der Waals surface area contributed by atoms with Gasteiger partial charge < -0.3 is 15.4 Å². The molecular formula is C20H17N5O3S. The molecule has 0 aliphatic carbocycles. The maximum atomic E-state index is 12.6. The van der Waals surface area contributed by atoms with Crippen molar-refractivity contribution in [2.75, 3.05) is 0 Å². The van der Waals surface area contributed by atoms with Crippen LogP contribution in [0.1, 0.15) is 32.6 Å². The van der Waals surface area contributed by atoms with E-state index < -0.39 is 5.97 Å². The minimum atomic E-state index is -1.07. The van der Waals surface area contributed by atoms with E-state index in [2.05, 4.69) is 25.3 Å². The number of nitrogens with zero attached hydrogens (tertiary/aromatic N) is 3. The Bertz CT molecular complexity index is 1190. The van der Waals surface area contributed by atoms with Crippen LogP contribution in [0.15, 0.2) is 48.9 Å². The summed E-state index contributed by atoms with van der Waals surface area (Å²) in [5.41, 5.74) is 2.19. The number of hydrogen-bond donors (Lipinski definition) is 3. The van der Waals surface area contributed by atoms with E-state index in [1.807, 2.05) is 25.1 Å². The third-order valence-electron chi connectivity index (χ3n) is 4.31. The summed E-state index contributed by atoms with van der Waals surface area (Å²) in [6, 6.07) is 9.13. The van der Waals surface area contributed by atoms with E-state index in [9.17, 15) is 14.7 Å². The van der Waals surface area contributed by atoms with Gasteiger partial charge in [0.2, 0.25) is 0 Å². The lowest BCUT2D eigenvalue weighted by molar-refractivity contribution is 0.0698. The summed E-state index contributed by atoms with van der Waals surface area (Å²) in [4.78, 5) is 40.9. The molecule has 4 aromatic heterocycles. The van der Waals surface area contributed by atoms with Crippen LogP contribution >= 0.6 is 11.3 Å².